The van der Waals surface area contributed by atoms with Crippen molar-refractivity contribution in [1.82, 2.24) is 16.2 Å². The molecule has 4 rings (SSSR count). The molecule has 186 valence electrons. The maximum atomic E-state index is 13.7. The molecule has 1 aliphatic carbocycles. The van der Waals surface area contributed by atoms with Crippen LogP contribution < -0.4 is 16.2 Å². The molecular weight excluding hydrogens is 444 g/mol. The molecule has 3 aliphatic heterocycles. The fourth-order valence-corrected chi connectivity index (χ4v) is 4.97. The Bertz CT molecular complexity index is 647. The van der Waals surface area contributed by atoms with Gasteiger partial charge in [0.05, 0.1) is 18.1 Å². The number of ether oxygens (including phenoxy) is 2. The summed E-state index contributed by atoms with van der Waals surface area (Å²) in [7, 11) is 0. The van der Waals surface area contributed by atoms with Gasteiger partial charge in [0.2, 0.25) is 5.60 Å². The predicted octanol–water partition coefficient (Wildman–Crippen LogP) is 3.46. The van der Waals surface area contributed by atoms with Crippen LogP contribution in [0.4, 0.5) is 26.3 Å². The van der Waals surface area contributed by atoms with Crippen LogP contribution in [0.2, 0.25) is 0 Å². The Kier molecular flexibility index (Phi) is 7.02. The number of hydrogen-bond acceptors (Lipinski definition) is 6. The van der Waals surface area contributed by atoms with E-state index in [4.69, 9.17) is 9.47 Å². The number of piperidine rings is 1. The lowest BCUT2D eigenvalue weighted by Gasteiger charge is -2.41. The lowest BCUT2D eigenvalue weighted by molar-refractivity contribution is -0.301. The third kappa shape index (κ3) is 5.35. The number of alkyl halides is 6. The Morgan fingerprint density at radius 1 is 0.844 bits per heavy atom. The van der Waals surface area contributed by atoms with E-state index in [-0.39, 0.29) is 19.3 Å². The largest absolute Gasteiger partial charge is 0.421 e. The van der Waals surface area contributed by atoms with Crippen LogP contribution in [0.25, 0.3) is 0 Å². The highest BCUT2D eigenvalue weighted by Gasteiger charge is 2.61. The number of rotatable bonds is 2. The number of halogens is 6. The van der Waals surface area contributed by atoms with Crippen molar-refractivity contribution in [3.63, 3.8) is 0 Å². The van der Waals surface area contributed by atoms with Crippen LogP contribution in [0.5, 0.6) is 0 Å². The Labute approximate surface area is 182 Å². The molecule has 32 heavy (non-hydrogen) atoms. The minimum absolute atomic E-state index is 0.0356. The van der Waals surface area contributed by atoms with E-state index in [2.05, 4.69) is 16.2 Å². The first-order chi connectivity index (χ1) is 15.0. The van der Waals surface area contributed by atoms with Gasteiger partial charge in [-0.15, -0.1) is 0 Å². The fraction of sp³-hybridized carbons (Fsp3) is 1.00. The molecule has 4 fully saturated rings. The second kappa shape index (κ2) is 9.18. The first-order valence-corrected chi connectivity index (χ1v) is 11.4. The van der Waals surface area contributed by atoms with Crippen molar-refractivity contribution in [3.05, 3.63) is 0 Å². The van der Waals surface area contributed by atoms with E-state index < -0.39 is 61.1 Å². The summed E-state index contributed by atoms with van der Waals surface area (Å²) in [5.41, 5.74) is 1.84. The van der Waals surface area contributed by atoms with E-state index in [1.54, 1.807) is 0 Å². The van der Waals surface area contributed by atoms with Gasteiger partial charge in [0.25, 0.3) is 0 Å². The molecule has 4 N–H and O–H groups in total. The van der Waals surface area contributed by atoms with Crippen LogP contribution in [-0.4, -0.2) is 53.9 Å². The minimum Gasteiger partial charge on any atom is -0.377 e. The van der Waals surface area contributed by atoms with Gasteiger partial charge in [0.1, 0.15) is 12.5 Å². The average molecular weight is 475 g/mol. The predicted molar refractivity (Wildman–Crippen MR) is 101 cm³/mol. The molecule has 4 aliphatic rings. The summed E-state index contributed by atoms with van der Waals surface area (Å²) >= 11 is 0. The molecule has 3 heterocycles. The zero-order valence-electron chi connectivity index (χ0n) is 17.6. The monoisotopic (exact) mass is 475 g/mol. The molecule has 0 spiro atoms. The number of hydrogen-bond donors (Lipinski definition) is 4. The van der Waals surface area contributed by atoms with E-state index in [0.29, 0.717) is 31.6 Å². The van der Waals surface area contributed by atoms with Gasteiger partial charge in [-0.3, -0.25) is 5.32 Å². The first-order valence-electron chi connectivity index (χ1n) is 11.4. The van der Waals surface area contributed by atoms with Crippen molar-refractivity contribution in [2.45, 2.75) is 113 Å². The Hall–Kier alpha value is -0.660. The molecule has 0 aromatic rings. The Balaban J connectivity index is 1.56. The van der Waals surface area contributed by atoms with Gasteiger partial charge in [-0.2, -0.15) is 26.3 Å². The summed E-state index contributed by atoms with van der Waals surface area (Å²) in [6, 6.07) is -0.710. The number of nitrogens with one attached hydrogen (secondary N) is 3. The normalized spacial score (nSPS) is 42.5. The molecule has 3 saturated heterocycles. The molecule has 0 aromatic carbocycles. The molecule has 12 heteroatoms. The summed E-state index contributed by atoms with van der Waals surface area (Å²) in [6.45, 7) is 0. The van der Waals surface area contributed by atoms with E-state index in [0.717, 1.165) is 12.8 Å². The highest BCUT2D eigenvalue weighted by atomic mass is 19.4. The van der Waals surface area contributed by atoms with Crippen LogP contribution in [0.1, 0.15) is 64.2 Å². The number of fused-ring (bicyclic) bond motifs is 5. The van der Waals surface area contributed by atoms with Gasteiger partial charge in [-0.05, 0) is 38.0 Å². The molecule has 0 aromatic heterocycles. The first kappa shape index (κ1) is 24.5. The zero-order chi connectivity index (χ0) is 23.1. The molecule has 0 radical (unpaired) electrons. The van der Waals surface area contributed by atoms with Crippen molar-refractivity contribution in [2.75, 3.05) is 0 Å². The topological polar surface area (TPSA) is 74.8 Å². The Morgan fingerprint density at radius 2 is 1.59 bits per heavy atom. The maximum Gasteiger partial charge on any atom is 0.421 e. The van der Waals surface area contributed by atoms with Crippen LogP contribution >= 0.6 is 0 Å². The van der Waals surface area contributed by atoms with Gasteiger partial charge < -0.3 is 14.6 Å². The van der Waals surface area contributed by atoms with Crippen molar-refractivity contribution in [3.8, 4) is 0 Å². The van der Waals surface area contributed by atoms with Crippen molar-refractivity contribution in [2.24, 2.45) is 11.8 Å². The standard InChI is InChI=1S/C20H31F6N3O3/c21-19(22,23)13-7-8-14-16-28-29-17(32-16)18(30,20(24,25)26)9-3-1-2-4-12(10-11-5-6-11)31-15(13)27-14/h11-17,27-30H,1-10H2/t12?,13?,14?,15?,16?,17?,18-/m1/s1. The summed E-state index contributed by atoms with van der Waals surface area (Å²) in [6.07, 6.45) is -10.4. The third-order valence-corrected chi connectivity index (χ3v) is 7.10. The highest BCUT2D eigenvalue weighted by Crippen LogP contribution is 2.42. The highest BCUT2D eigenvalue weighted by molar-refractivity contribution is 4.98. The third-order valence-electron chi connectivity index (χ3n) is 7.10. The van der Waals surface area contributed by atoms with E-state index in [9.17, 15) is 31.4 Å². The molecule has 1 saturated carbocycles. The van der Waals surface area contributed by atoms with Crippen LogP contribution in [0.3, 0.4) is 0 Å². The van der Waals surface area contributed by atoms with E-state index in [1.165, 1.54) is 0 Å². The van der Waals surface area contributed by atoms with Gasteiger partial charge in [-0.1, -0.05) is 32.1 Å². The lowest BCUT2D eigenvalue weighted by atomic mass is 9.90. The molecule has 4 bridgehead atoms. The van der Waals surface area contributed by atoms with Gasteiger partial charge in [0, 0.05) is 0 Å². The van der Waals surface area contributed by atoms with Crippen molar-refractivity contribution < 1.29 is 40.9 Å². The fourth-order valence-electron chi connectivity index (χ4n) is 4.97. The average Bonchev–Trinajstić information content (AvgIpc) is 3.36. The molecule has 6 unspecified atom stereocenters. The quantitative estimate of drug-likeness (QED) is 0.459. The van der Waals surface area contributed by atoms with Crippen LogP contribution in [0, 0.1) is 11.8 Å². The number of aliphatic hydroxyl groups is 1. The van der Waals surface area contributed by atoms with Gasteiger partial charge in [0.15, 0.2) is 6.23 Å². The number of hydrazine groups is 1. The van der Waals surface area contributed by atoms with Crippen LogP contribution in [0.15, 0.2) is 0 Å². The SMILES string of the molecule is O[C@]1(C(F)(F)F)CCCCCC(CC2CC2)OC2NC(CCC2C(F)(F)F)C2NNC1O2. The summed E-state index contributed by atoms with van der Waals surface area (Å²) < 4.78 is 93.8. The van der Waals surface area contributed by atoms with Crippen LogP contribution in [-0.2, 0) is 9.47 Å². The second-order valence-corrected chi connectivity index (χ2v) is 9.60. The van der Waals surface area contributed by atoms with E-state index in [1.807, 2.05) is 0 Å². The summed E-state index contributed by atoms with van der Waals surface area (Å²) in [5, 5.41) is 13.4. The molecular formula is C20H31F6N3O3. The smallest absolute Gasteiger partial charge is 0.377 e. The molecule has 6 nitrogen and oxygen atoms in total. The maximum absolute atomic E-state index is 13.7. The second-order valence-electron chi connectivity index (χ2n) is 9.60. The molecule has 7 atom stereocenters. The van der Waals surface area contributed by atoms with E-state index >= 15 is 0 Å². The van der Waals surface area contributed by atoms with Crippen molar-refractivity contribution in [1.29, 1.82) is 0 Å². The lowest BCUT2D eigenvalue weighted by Crippen LogP contribution is -2.60. The van der Waals surface area contributed by atoms with Gasteiger partial charge in [-0.25, -0.2) is 10.9 Å². The summed E-state index contributed by atoms with van der Waals surface area (Å²) in [4.78, 5) is 0. The molecule has 0 amide bonds. The summed E-state index contributed by atoms with van der Waals surface area (Å²) in [5.74, 6) is -1.27. The van der Waals surface area contributed by atoms with Gasteiger partial charge >= 0.3 is 12.4 Å². The minimum atomic E-state index is -4.93. The van der Waals surface area contributed by atoms with Crippen molar-refractivity contribution >= 4 is 0 Å². The zero-order valence-corrected chi connectivity index (χ0v) is 17.6. The Morgan fingerprint density at radius 3 is 2.25 bits per heavy atom.